The number of halogens is 3. The van der Waals surface area contributed by atoms with E-state index in [9.17, 15) is 13.2 Å². The van der Waals surface area contributed by atoms with Crippen LogP contribution in [-0.2, 0) is 11.3 Å². The molecule has 1 N–H and O–H groups in total. The maximum atomic E-state index is 13.0. The highest BCUT2D eigenvalue weighted by atomic mass is 19.2. The Bertz CT molecular complexity index is 407. The summed E-state index contributed by atoms with van der Waals surface area (Å²) >= 11 is 0. The van der Waals surface area contributed by atoms with Crippen LogP contribution < -0.4 is 5.32 Å². The zero-order chi connectivity index (χ0) is 13.2. The molecule has 0 spiro atoms. The summed E-state index contributed by atoms with van der Waals surface area (Å²) in [6, 6.07) is 2.01. The molecular formula is C13H16F3NO. The van der Waals surface area contributed by atoms with E-state index < -0.39 is 17.5 Å². The van der Waals surface area contributed by atoms with Gasteiger partial charge >= 0.3 is 0 Å². The summed E-state index contributed by atoms with van der Waals surface area (Å²) in [6.45, 7) is 3.64. The molecule has 1 atom stereocenters. The van der Waals surface area contributed by atoms with E-state index in [0.717, 1.165) is 31.6 Å². The molecule has 18 heavy (non-hydrogen) atoms. The van der Waals surface area contributed by atoms with E-state index in [-0.39, 0.29) is 12.1 Å². The van der Waals surface area contributed by atoms with Crippen molar-refractivity contribution in [2.75, 3.05) is 13.2 Å². The number of ether oxygens (including phenoxy) is 1. The van der Waals surface area contributed by atoms with Crippen molar-refractivity contribution in [1.82, 2.24) is 5.32 Å². The topological polar surface area (TPSA) is 21.3 Å². The van der Waals surface area contributed by atoms with Crippen LogP contribution in [0, 0.1) is 17.5 Å². The Labute approximate surface area is 104 Å². The highest BCUT2D eigenvalue weighted by molar-refractivity contribution is 5.19. The highest BCUT2D eigenvalue weighted by Gasteiger charge is 2.28. The molecule has 0 amide bonds. The maximum Gasteiger partial charge on any atom is 0.194 e. The van der Waals surface area contributed by atoms with Crippen molar-refractivity contribution in [1.29, 1.82) is 0 Å². The minimum atomic E-state index is -1.43. The van der Waals surface area contributed by atoms with Crippen molar-refractivity contribution in [3.8, 4) is 0 Å². The molecule has 5 heteroatoms. The number of benzene rings is 1. The lowest BCUT2D eigenvalue weighted by atomic mass is 10.0. The van der Waals surface area contributed by atoms with Gasteiger partial charge in [-0.2, -0.15) is 0 Å². The van der Waals surface area contributed by atoms with Gasteiger partial charge in [-0.15, -0.1) is 0 Å². The van der Waals surface area contributed by atoms with E-state index in [1.54, 1.807) is 0 Å². The molecule has 2 nitrogen and oxygen atoms in total. The largest absolute Gasteiger partial charge is 0.374 e. The first-order valence-corrected chi connectivity index (χ1v) is 5.98. The first-order valence-electron chi connectivity index (χ1n) is 5.98. The van der Waals surface area contributed by atoms with Crippen molar-refractivity contribution in [2.24, 2.45) is 0 Å². The van der Waals surface area contributed by atoms with Crippen LogP contribution in [0.15, 0.2) is 12.1 Å². The fraction of sp³-hybridized carbons (Fsp3) is 0.538. The molecule has 1 aromatic rings. The summed E-state index contributed by atoms with van der Waals surface area (Å²) in [5.41, 5.74) is 0.171. The van der Waals surface area contributed by atoms with Gasteiger partial charge in [-0.25, -0.2) is 13.2 Å². The predicted molar refractivity (Wildman–Crippen MR) is 61.6 cm³/mol. The zero-order valence-corrected chi connectivity index (χ0v) is 10.2. The lowest BCUT2D eigenvalue weighted by molar-refractivity contribution is 0.0207. The molecule has 2 rings (SSSR count). The van der Waals surface area contributed by atoms with E-state index in [4.69, 9.17) is 4.74 Å². The van der Waals surface area contributed by atoms with Crippen LogP contribution in [0.4, 0.5) is 13.2 Å². The van der Waals surface area contributed by atoms with Crippen LogP contribution in [-0.4, -0.2) is 18.8 Å². The van der Waals surface area contributed by atoms with Gasteiger partial charge in [0, 0.05) is 19.7 Å². The molecule has 1 saturated heterocycles. The highest BCUT2D eigenvalue weighted by Crippen LogP contribution is 2.24. The first kappa shape index (κ1) is 13.4. The van der Waals surface area contributed by atoms with Crippen molar-refractivity contribution in [2.45, 2.75) is 31.9 Å². The maximum absolute atomic E-state index is 13.0. The Morgan fingerprint density at radius 2 is 1.94 bits per heavy atom. The van der Waals surface area contributed by atoms with Gasteiger partial charge in [-0.05, 0) is 37.5 Å². The SMILES string of the molecule is CC1(CNCc2cc(F)c(F)c(F)c2)CCCO1. The van der Waals surface area contributed by atoms with Crippen LogP contribution in [0.2, 0.25) is 0 Å². The van der Waals surface area contributed by atoms with E-state index >= 15 is 0 Å². The van der Waals surface area contributed by atoms with Crippen LogP contribution in [0.25, 0.3) is 0 Å². The molecule has 0 radical (unpaired) electrons. The average Bonchev–Trinajstić information content (AvgIpc) is 2.73. The van der Waals surface area contributed by atoms with E-state index in [0.29, 0.717) is 12.1 Å². The number of hydrogen-bond donors (Lipinski definition) is 1. The number of nitrogens with one attached hydrogen (secondary N) is 1. The summed E-state index contributed by atoms with van der Waals surface area (Å²) in [5.74, 6) is -3.74. The van der Waals surface area contributed by atoms with Gasteiger partial charge < -0.3 is 10.1 Å². The predicted octanol–water partition coefficient (Wildman–Crippen LogP) is 2.76. The second-order valence-electron chi connectivity index (χ2n) is 4.88. The van der Waals surface area contributed by atoms with Crippen LogP contribution >= 0.6 is 0 Å². The van der Waals surface area contributed by atoms with Crippen molar-refractivity contribution >= 4 is 0 Å². The average molecular weight is 259 g/mol. The fourth-order valence-corrected chi connectivity index (χ4v) is 2.16. The summed E-state index contributed by atoms with van der Waals surface area (Å²) in [5, 5.41) is 3.08. The smallest absolute Gasteiger partial charge is 0.194 e. The molecule has 0 bridgehead atoms. The summed E-state index contributed by atoms with van der Waals surface area (Å²) in [6.07, 6.45) is 1.99. The van der Waals surface area contributed by atoms with E-state index in [1.807, 2.05) is 6.92 Å². The molecule has 1 unspecified atom stereocenters. The fourth-order valence-electron chi connectivity index (χ4n) is 2.16. The zero-order valence-electron chi connectivity index (χ0n) is 10.2. The van der Waals surface area contributed by atoms with Gasteiger partial charge in [-0.1, -0.05) is 0 Å². The number of hydrogen-bond acceptors (Lipinski definition) is 2. The van der Waals surface area contributed by atoms with Gasteiger partial charge in [-0.3, -0.25) is 0 Å². The Kier molecular flexibility index (Phi) is 3.92. The van der Waals surface area contributed by atoms with Gasteiger partial charge in [0.25, 0.3) is 0 Å². The lowest BCUT2D eigenvalue weighted by Gasteiger charge is -2.23. The Morgan fingerprint density at radius 3 is 2.50 bits per heavy atom. The van der Waals surface area contributed by atoms with Gasteiger partial charge in [0.1, 0.15) is 0 Å². The standard InChI is InChI=1S/C13H16F3NO/c1-13(3-2-4-18-13)8-17-7-9-5-10(14)12(16)11(15)6-9/h5-6,17H,2-4,7-8H2,1H3. The van der Waals surface area contributed by atoms with Gasteiger partial charge in [0.05, 0.1) is 5.60 Å². The Hall–Kier alpha value is -1.07. The minimum Gasteiger partial charge on any atom is -0.374 e. The monoisotopic (exact) mass is 259 g/mol. The van der Waals surface area contributed by atoms with E-state index in [2.05, 4.69) is 5.32 Å². The Balaban J connectivity index is 1.90. The third-order valence-corrected chi connectivity index (χ3v) is 3.17. The molecule has 0 aromatic heterocycles. The molecule has 1 heterocycles. The van der Waals surface area contributed by atoms with Gasteiger partial charge in [0.15, 0.2) is 17.5 Å². The molecule has 0 saturated carbocycles. The quantitative estimate of drug-likeness (QED) is 0.839. The van der Waals surface area contributed by atoms with Crippen LogP contribution in [0.3, 0.4) is 0 Å². The Morgan fingerprint density at radius 1 is 1.28 bits per heavy atom. The van der Waals surface area contributed by atoms with Crippen molar-refractivity contribution < 1.29 is 17.9 Å². The molecule has 1 aliphatic rings. The first-order chi connectivity index (χ1) is 8.50. The summed E-state index contributed by atoms with van der Waals surface area (Å²) in [7, 11) is 0. The molecule has 100 valence electrons. The number of rotatable bonds is 4. The molecule has 1 aromatic carbocycles. The van der Waals surface area contributed by atoms with Gasteiger partial charge in [0.2, 0.25) is 0 Å². The van der Waals surface area contributed by atoms with Crippen LogP contribution in [0.5, 0.6) is 0 Å². The third-order valence-electron chi connectivity index (χ3n) is 3.17. The van der Waals surface area contributed by atoms with Crippen LogP contribution in [0.1, 0.15) is 25.3 Å². The van der Waals surface area contributed by atoms with E-state index in [1.165, 1.54) is 0 Å². The lowest BCUT2D eigenvalue weighted by Crippen LogP contribution is -2.36. The third kappa shape index (κ3) is 3.03. The second-order valence-corrected chi connectivity index (χ2v) is 4.88. The molecule has 1 fully saturated rings. The molecular weight excluding hydrogens is 243 g/mol. The second kappa shape index (κ2) is 5.28. The molecule has 1 aliphatic heterocycles. The van der Waals surface area contributed by atoms with Crippen molar-refractivity contribution in [3.05, 3.63) is 35.1 Å². The summed E-state index contributed by atoms with van der Waals surface area (Å²) < 4.78 is 44.3. The van der Waals surface area contributed by atoms with Crippen molar-refractivity contribution in [3.63, 3.8) is 0 Å². The normalized spacial score (nSPS) is 23.6. The molecule has 0 aliphatic carbocycles. The summed E-state index contributed by atoms with van der Waals surface area (Å²) in [4.78, 5) is 0. The minimum absolute atomic E-state index is 0.211.